The summed E-state index contributed by atoms with van der Waals surface area (Å²) in [6.07, 6.45) is 0.687. The van der Waals surface area contributed by atoms with Gasteiger partial charge in [-0.3, -0.25) is 0 Å². The minimum absolute atomic E-state index is 0.241. The average Bonchev–Trinajstić information content (AvgIpc) is 2.45. The van der Waals surface area contributed by atoms with Gasteiger partial charge in [-0.2, -0.15) is 0 Å². The monoisotopic (exact) mass is 290 g/mol. The summed E-state index contributed by atoms with van der Waals surface area (Å²) in [5, 5.41) is 12.9. The number of nitrogens with one attached hydrogen (secondary N) is 1. The highest BCUT2D eigenvalue weighted by molar-refractivity contribution is 6.30. The SMILES string of the molecule is CCc1cc(C(=O)O)cc(NCc2cccc(Cl)c2)n1. The van der Waals surface area contributed by atoms with Gasteiger partial charge in [-0.05, 0) is 36.2 Å². The molecule has 0 saturated carbocycles. The molecule has 0 bridgehead atoms. The summed E-state index contributed by atoms with van der Waals surface area (Å²) in [6, 6.07) is 10.6. The van der Waals surface area contributed by atoms with Crippen LogP contribution < -0.4 is 5.32 Å². The third kappa shape index (κ3) is 3.71. The highest BCUT2D eigenvalue weighted by atomic mass is 35.5. The van der Waals surface area contributed by atoms with E-state index in [1.54, 1.807) is 6.07 Å². The lowest BCUT2D eigenvalue weighted by atomic mass is 10.2. The highest BCUT2D eigenvalue weighted by Gasteiger charge is 2.07. The molecule has 2 N–H and O–H groups in total. The fourth-order valence-electron chi connectivity index (χ4n) is 1.82. The van der Waals surface area contributed by atoms with Crippen LogP contribution in [0.3, 0.4) is 0 Å². The number of aromatic carboxylic acids is 1. The predicted molar refractivity (Wildman–Crippen MR) is 79.4 cm³/mol. The van der Waals surface area contributed by atoms with Gasteiger partial charge in [0.25, 0.3) is 0 Å². The van der Waals surface area contributed by atoms with Crippen molar-refractivity contribution in [1.82, 2.24) is 4.98 Å². The van der Waals surface area contributed by atoms with Crippen LogP contribution in [0.1, 0.15) is 28.5 Å². The number of benzene rings is 1. The van der Waals surface area contributed by atoms with E-state index in [-0.39, 0.29) is 5.56 Å². The molecule has 2 rings (SSSR count). The molecule has 0 amide bonds. The molecule has 0 aliphatic heterocycles. The van der Waals surface area contributed by atoms with Crippen LogP contribution in [-0.2, 0) is 13.0 Å². The maximum Gasteiger partial charge on any atom is 0.335 e. The summed E-state index contributed by atoms with van der Waals surface area (Å²) < 4.78 is 0. The van der Waals surface area contributed by atoms with E-state index in [1.165, 1.54) is 6.07 Å². The first-order valence-corrected chi connectivity index (χ1v) is 6.69. The molecule has 0 aliphatic rings. The molecule has 104 valence electrons. The maximum atomic E-state index is 11.1. The number of hydrogen-bond acceptors (Lipinski definition) is 3. The number of rotatable bonds is 5. The molecular weight excluding hydrogens is 276 g/mol. The summed E-state index contributed by atoms with van der Waals surface area (Å²) in [7, 11) is 0. The van der Waals surface area contributed by atoms with Crippen molar-refractivity contribution in [2.45, 2.75) is 19.9 Å². The summed E-state index contributed by atoms with van der Waals surface area (Å²) in [4.78, 5) is 15.4. The first kappa shape index (κ1) is 14.3. The van der Waals surface area contributed by atoms with E-state index in [4.69, 9.17) is 16.7 Å². The van der Waals surface area contributed by atoms with Crippen molar-refractivity contribution in [1.29, 1.82) is 0 Å². The zero-order valence-corrected chi connectivity index (χ0v) is 11.8. The molecule has 0 fully saturated rings. The molecule has 0 aliphatic carbocycles. The van der Waals surface area contributed by atoms with Crippen LogP contribution >= 0.6 is 11.6 Å². The minimum atomic E-state index is -0.951. The van der Waals surface area contributed by atoms with E-state index in [0.29, 0.717) is 23.8 Å². The summed E-state index contributed by atoms with van der Waals surface area (Å²) in [5.74, 6) is -0.394. The molecule has 0 unspecified atom stereocenters. The van der Waals surface area contributed by atoms with Crippen LogP contribution in [0.4, 0.5) is 5.82 Å². The lowest BCUT2D eigenvalue weighted by molar-refractivity contribution is 0.0696. The van der Waals surface area contributed by atoms with Crippen LogP contribution in [0.15, 0.2) is 36.4 Å². The van der Waals surface area contributed by atoms with E-state index < -0.39 is 5.97 Å². The fourth-order valence-corrected chi connectivity index (χ4v) is 2.04. The molecule has 0 spiro atoms. The van der Waals surface area contributed by atoms with Gasteiger partial charge < -0.3 is 10.4 Å². The normalized spacial score (nSPS) is 10.3. The Bertz CT molecular complexity index is 629. The van der Waals surface area contributed by atoms with Gasteiger partial charge in [-0.25, -0.2) is 9.78 Å². The minimum Gasteiger partial charge on any atom is -0.478 e. The third-order valence-corrected chi connectivity index (χ3v) is 3.09. The van der Waals surface area contributed by atoms with Gasteiger partial charge in [0.05, 0.1) is 5.56 Å². The van der Waals surface area contributed by atoms with Crippen LogP contribution in [-0.4, -0.2) is 16.1 Å². The molecule has 0 radical (unpaired) electrons. The molecule has 1 aromatic carbocycles. The van der Waals surface area contributed by atoms with Crippen molar-refractivity contribution < 1.29 is 9.90 Å². The molecule has 20 heavy (non-hydrogen) atoms. The summed E-state index contributed by atoms with van der Waals surface area (Å²) >= 11 is 5.92. The number of hydrogen-bond donors (Lipinski definition) is 2. The number of anilines is 1. The van der Waals surface area contributed by atoms with E-state index >= 15 is 0 Å². The van der Waals surface area contributed by atoms with Gasteiger partial charge in [-0.15, -0.1) is 0 Å². The number of carbonyl (C=O) groups is 1. The molecule has 4 nitrogen and oxygen atoms in total. The highest BCUT2D eigenvalue weighted by Crippen LogP contribution is 2.15. The number of carboxylic acid groups (broad SMARTS) is 1. The summed E-state index contributed by atoms with van der Waals surface area (Å²) in [6.45, 7) is 2.48. The molecule has 5 heteroatoms. The second-order valence-electron chi connectivity index (χ2n) is 4.37. The molecule has 0 saturated heterocycles. The quantitative estimate of drug-likeness (QED) is 0.883. The first-order valence-electron chi connectivity index (χ1n) is 6.31. The zero-order valence-electron chi connectivity index (χ0n) is 11.1. The second-order valence-corrected chi connectivity index (χ2v) is 4.81. The largest absolute Gasteiger partial charge is 0.478 e. The molecular formula is C15H15ClN2O2. The van der Waals surface area contributed by atoms with Crippen molar-refractivity contribution in [3.8, 4) is 0 Å². The lowest BCUT2D eigenvalue weighted by Crippen LogP contribution is -2.06. The van der Waals surface area contributed by atoms with Gasteiger partial charge in [0.15, 0.2) is 0 Å². The second kappa shape index (κ2) is 6.39. The zero-order chi connectivity index (χ0) is 14.5. The van der Waals surface area contributed by atoms with Gasteiger partial charge in [0.2, 0.25) is 0 Å². The van der Waals surface area contributed by atoms with Crippen molar-refractivity contribution >= 4 is 23.4 Å². The Morgan fingerprint density at radius 1 is 1.35 bits per heavy atom. The van der Waals surface area contributed by atoms with E-state index in [9.17, 15) is 4.79 Å². The Labute approximate surface area is 122 Å². The first-order chi connectivity index (χ1) is 9.58. The van der Waals surface area contributed by atoms with Crippen molar-refractivity contribution in [3.05, 3.63) is 58.2 Å². The maximum absolute atomic E-state index is 11.1. The van der Waals surface area contributed by atoms with Crippen LogP contribution in [0, 0.1) is 0 Å². The van der Waals surface area contributed by atoms with E-state index in [2.05, 4.69) is 10.3 Å². The van der Waals surface area contributed by atoms with Gasteiger partial charge in [-0.1, -0.05) is 30.7 Å². The Balaban J connectivity index is 2.16. The number of aryl methyl sites for hydroxylation is 1. The Hall–Kier alpha value is -2.07. The average molecular weight is 291 g/mol. The van der Waals surface area contributed by atoms with Crippen molar-refractivity contribution in [2.24, 2.45) is 0 Å². The number of nitrogens with zero attached hydrogens (tertiary/aromatic N) is 1. The number of pyridine rings is 1. The Morgan fingerprint density at radius 2 is 2.15 bits per heavy atom. The van der Waals surface area contributed by atoms with Crippen LogP contribution in [0.25, 0.3) is 0 Å². The van der Waals surface area contributed by atoms with E-state index in [1.807, 2.05) is 31.2 Å². The van der Waals surface area contributed by atoms with Crippen LogP contribution in [0.5, 0.6) is 0 Å². The molecule has 0 atom stereocenters. The third-order valence-electron chi connectivity index (χ3n) is 2.85. The number of carboxylic acids is 1. The smallest absolute Gasteiger partial charge is 0.335 e. The van der Waals surface area contributed by atoms with Gasteiger partial charge >= 0.3 is 5.97 Å². The lowest BCUT2D eigenvalue weighted by Gasteiger charge is -2.09. The molecule has 1 aromatic heterocycles. The number of aromatic nitrogens is 1. The standard InChI is InChI=1S/C15H15ClN2O2/c1-2-13-7-11(15(19)20)8-14(18-13)17-9-10-4-3-5-12(16)6-10/h3-8H,2,9H2,1H3,(H,17,18)(H,19,20). The van der Waals surface area contributed by atoms with Gasteiger partial charge in [0, 0.05) is 17.3 Å². The fraction of sp³-hybridized carbons (Fsp3) is 0.200. The van der Waals surface area contributed by atoms with Crippen molar-refractivity contribution in [3.63, 3.8) is 0 Å². The molecule has 1 heterocycles. The van der Waals surface area contributed by atoms with Crippen molar-refractivity contribution in [2.75, 3.05) is 5.32 Å². The van der Waals surface area contributed by atoms with Gasteiger partial charge in [0.1, 0.15) is 5.82 Å². The van der Waals surface area contributed by atoms with E-state index in [0.717, 1.165) is 11.3 Å². The Kier molecular flexibility index (Phi) is 4.58. The van der Waals surface area contributed by atoms with Crippen LogP contribution in [0.2, 0.25) is 5.02 Å². The number of halogens is 1. The Morgan fingerprint density at radius 3 is 2.80 bits per heavy atom. The summed E-state index contributed by atoms with van der Waals surface area (Å²) in [5.41, 5.74) is 2.00. The topological polar surface area (TPSA) is 62.2 Å². The predicted octanol–water partition coefficient (Wildman–Crippen LogP) is 3.61. The molecule has 2 aromatic rings.